The molecule has 1 heterocycles. The molecule has 0 aromatic carbocycles. The van der Waals surface area contributed by atoms with Crippen LogP contribution in [0.5, 0.6) is 0 Å². The van der Waals surface area contributed by atoms with Crippen LogP contribution in [0.2, 0.25) is 0 Å². The molecule has 1 aliphatic heterocycles. The molecule has 2 aliphatic rings. The number of allylic oxidation sites excluding steroid dienone is 2. The van der Waals surface area contributed by atoms with Crippen LogP contribution in [0.4, 0.5) is 0 Å². The Balaban J connectivity index is 2.36. The van der Waals surface area contributed by atoms with Crippen molar-refractivity contribution in [1.29, 1.82) is 5.41 Å². The summed E-state index contributed by atoms with van der Waals surface area (Å²) < 4.78 is 5.38. The zero-order valence-electron chi connectivity index (χ0n) is 7.42. The third kappa shape index (κ3) is 0.909. The maximum absolute atomic E-state index is 7.88. The van der Waals surface area contributed by atoms with Crippen molar-refractivity contribution in [3.05, 3.63) is 24.0 Å². The van der Waals surface area contributed by atoms with E-state index < -0.39 is 0 Å². The fourth-order valence-electron chi connectivity index (χ4n) is 1.83. The average Bonchev–Trinajstić information content (AvgIpc) is 2.24. The van der Waals surface area contributed by atoms with E-state index in [0.29, 0.717) is 5.71 Å². The maximum atomic E-state index is 7.88. The van der Waals surface area contributed by atoms with Crippen LogP contribution >= 0.6 is 0 Å². The molecule has 0 aromatic rings. The zero-order chi connectivity index (χ0) is 8.77. The summed E-state index contributed by atoms with van der Waals surface area (Å²) in [6, 6.07) is 0. The number of ether oxygens (including phenoxy) is 1. The number of hydrogen-bond donors (Lipinski definition) is 1. The summed E-state index contributed by atoms with van der Waals surface area (Å²) in [5, 5.41) is 7.88. The second kappa shape index (κ2) is 2.22. The quantitative estimate of drug-likeness (QED) is 0.584. The second-order valence-electron chi connectivity index (χ2n) is 4.06. The first-order chi connectivity index (χ1) is 5.61. The van der Waals surface area contributed by atoms with Gasteiger partial charge in [-0.25, -0.2) is 0 Å². The van der Waals surface area contributed by atoms with Crippen molar-refractivity contribution in [2.24, 2.45) is 5.41 Å². The van der Waals surface area contributed by atoms with Crippen LogP contribution in [0, 0.1) is 10.8 Å². The topological polar surface area (TPSA) is 33.1 Å². The van der Waals surface area contributed by atoms with E-state index in [0.717, 1.165) is 6.42 Å². The number of nitrogens with one attached hydrogen (secondary N) is 1. The van der Waals surface area contributed by atoms with Crippen molar-refractivity contribution in [2.45, 2.75) is 26.4 Å². The monoisotopic (exact) mass is 163 g/mol. The van der Waals surface area contributed by atoms with Crippen LogP contribution in [-0.2, 0) is 4.74 Å². The largest absolute Gasteiger partial charge is 0.488 e. The summed E-state index contributed by atoms with van der Waals surface area (Å²) >= 11 is 0. The number of hydrogen-bond acceptors (Lipinski definition) is 2. The molecule has 1 atom stereocenters. The van der Waals surface area contributed by atoms with E-state index in [1.165, 1.54) is 5.57 Å². The highest BCUT2D eigenvalue weighted by molar-refractivity contribution is 5.97. The van der Waals surface area contributed by atoms with E-state index in [4.69, 9.17) is 10.1 Å². The van der Waals surface area contributed by atoms with Gasteiger partial charge < -0.3 is 10.1 Å². The molecular formula is C10H13NO. The minimum Gasteiger partial charge on any atom is -0.488 e. The highest BCUT2D eigenvalue weighted by atomic mass is 16.5. The Kier molecular flexibility index (Phi) is 1.40. The molecule has 0 radical (unpaired) electrons. The van der Waals surface area contributed by atoms with Gasteiger partial charge in [0.25, 0.3) is 0 Å². The Bertz CT molecular complexity index is 286. The summed E-state index contributed by atoms with van der Waals surface area (Å²) in [6.07, 6.45) is 6.54. The van der Waals surface area contributed by atoms with Crippen molar-refractivity contribution in [3.8, 4) is 0 Å². The molecule has 0 amide bonds. The van der Waals surface area contributed by atoms with Gasteiger partial charge in [0, 0.05) is 5.41 Å². The maximum Gasteiger partial charge on any atom is 0.157 e. The van der Waals surface area contributed by atoms with E-state index in [-0.39, 0.29) is 11.5 Å². The Morgan fingerprint density at radius 1 is 1.58 bits per heavy atom. The van der Waals surface area contributed by atoms with Gasteiger partial charge in [0.2, 0.25) is 0 Å². The van der Waals surface area contributed by atoms with E-state index in [1.54, 1.807) is 6.26 Å². The molecule has 0 spiro atoms. The van der Waals surface area contributed by atoms with Crippen LogP contribution in [0.3, 0.4) is 0 Å². The lowest BCUT2D eigenvalue weighted by atomic mass is 9.90. The Labute approximate surface area is 72.4 Å². The minimum absolute atomic E-state index is 0.0114. The highest BCUT2D eigenvalue weighted by Gasteiger charge is 2.42. The van der Waals surface area contributed by atoms with Gasteiger partial charge in [0.1, 0.15) is 0 Å². The lowest BCUT2D eigenvalue weighted by molar-refractivity contribution is 0.231. The SMILES string of the molecule is CC1(C)CC2=CC=COC2C1=N. The number of rotatable bonds is 0. The summed E-state index contributed by atoms with van der Waals surface area (Å²) in [4.78, 5) is 0. The molecule has 2 nitrogen and oxygen atoms in total. The van der Waals surface area contributed by atoms with Gasteiger partial charge in [0.15, 0.2) is 6.10 Å². The van der Waals surface area contributed by atoms with E-state index in [1.807, 2.05) is 6.08 Å². The van der Waals surface area contributed by atoms with Crippen molar-refractivity contribution < 1.29 is 4.74 Å². The van der Waals surface area contributed by atoms with Crippen LogP contribution in [0.1, 0.15) is 20.3 Å². The third-order valence-electron chi connectivity index (χ3n) is 2.58. The number of fused-ring (bicyclic) bond motifs is 1. The second-order valence-corrected chi connectivity index (χ2v) is 4.06. The molecule has 2 heteroatoms. The Hall–Kier alpha value is -1.05. The smallest absolute Gasteiger partial charge is 0.157 e. The Morgan fingerprint density at radius 3 is 3.00 bits per heavy atom. The van der Waals surface area contributed by atoms with Crippen molar-refractivity contribution in [3.63, 3.8) is 0 Å². The van der Waals surface area contributed by atoms with Gasteiger partial charge in [-0.05, 0) is 18.1 Å². The van der Waals surface area contributed by atoms with Crippen LogP contribution in [0.25, 0.3) is 0 Å². The standard InChI is InChI=1S/C10H13NO/c1-10(2)6-7-4-3-5-12-8(7)9(10)11/h3-5,8,11H,6H2,1-2H3. The molecule has 1 fully saturated rings. The molecule has 12 heavy (non-hydrogen) atoms. The summed E-state index contributed by atoms with van der Waals surface area (Å²) in [5.41, 5.74) is 1.94. The normalized spacial score (nSPS) is 31.0. The van der Waals surface area contributed by atoms with Crippen molar-refractivity contribution in [2.75, 3.05) is 0 Å². The van der Waals surface area contributed by atoms with Gasteiger partial charge in [0.05, 0.1) is 12.0 Å². The van der Waals surface area contributed by atoms with E-state index in [2.05, 4.69) is 19.9 Å². The predicted molar refractivity (Wildman–Crippen MR) is 48.2 cm³/mol. The predicted octanol–water partition coefficient (Wildman–Crippen LogP) is 2.27. The summed E-state index contributed by atoms with van der Waals surface area (Å²) in [6.45, 7) is 4.19. The van der Waals surface area contributed by atoms with Crippen LogP contribution in [-0.4, -0.2) is 11.8 Å². The first-order valence-electron chi connectivity index (χ1n) is 4.21. The highest BCUT2D eigenvalue weighted by Crippen LogP contribution is 2.40. The molecule has 0 bridgehead atoms. The lowest BCUT2D eigenvalue weighted by Crippen LogP contribution is -2.26. The summed E-state index contributed by atoms with van der Waals surface area (Å²) in [7, 11) is 0. The van der Waals surface area contributed by atoms with Crippen molar-refractivity contribution in [1.82, 2.24) is 0 Å². The average molecular weight is 163 g/mol. The van der Waals surface area contributed by atoms with Gasteiger partial charge in [-0.2, -0.15) is 0 Å². The van der Waals surface area contributed by atoms with Crippen LogP contribution in [0.15, 0.2) is 24.0 Å². The first-order valence-corrected chi connectivity index (χ1v) is 4.21. The fourth-order valence-corrected chi connectivity index (χ4v) is 1.83. The zero-order valence-corrected chi connectivity index (χ0v) is 7.42. The molecule has 1 unspecified atom stereocenters. The van der Waals surface area contributed by atoms with Gasteiger partial charge in [-0.1, -0.05) is 19.9 Å². The summed E-state index contributed by atoms with van der Waals surface area (Å²) in [5.74, 6) is 0. The van der Waals surface area contributed by atoms with Crippen molar-refractivity contribution >= 4 is 5.71 Å². The first kappa shape index (κ1) is 7.59. The lowest BCUT2D eigenvalue weighted by Gasteiger charge is -2.18. The molecule has 1 N–H and O–H groups in total. The molecule has 64 valence electrons. The van der Waals surface area contributed by atoms with Gasteiger partial charge >= 0.3 is 0 Å². The molecular weight excluding hydrogens is 150 g/mol. The van der Waals surface area contributed by atoms with Crippen LogP contribution < -0.4 is 0 Å². The molecule has 0 aromatic heterocycles. The minimum atomic E-state index is -0.0648. The molecule has 1 saturated carbocycles. The molecule has 0 saturated heterocycles. The van der Waals surface area contributed by atoms with Gasteiger partial charge in [-0.3, -0.25) is 0 Å². The van der Waals surface area contributed by atoms with E-state index >= 15 is 0 Å². The molecule has 1 aliphatic carbocycles. The van der Waals surface area contributed by atoms with Gasteiger partial charge in [-0.15, -0.1) is 0 Å². The third-order valence-corrected chi connectivity index (χ3v) is 2.58. The molecule has 2 rings (SSSR count). The fraction of sp³-hybridized carbons (Fsp3) is 0.500. The Morgan fingerprint density at radius 2 is 2.33 bits per heavy atom. The van der Waals surface area contributed by atoms with E-state index in [9.17, 15) is 0 Å².